The van der Waals surface area contributed by atoms with E-state index in [9.17, 15) is 23.1 Å². The Balaban J connectivity index is 2.42. The van der Waals surface area contributed by atoms with Crippen molar-refractivity contribution in [1.29, 1.82) is 0 Å². The van der Waals surface area contributed by atoms with Gasteiger partial charge in [0.25, 0.3) is 11.6 Å². The first kappa shape index (κ1) is 14.8. The van der Waals surface area contributed by atoms with Gasteiger partial charge in [-0.3, -0.25) is 4.79 Å². The maximum atomic E-state index is 13.0. The quantitative estimate of drug-likeness (QED) is 0.867. The highest BCUT2D eigenvalue weighted by atomic mass is 35.5. The van der Waals surface area contributed by atoms with Crippen molar-refractivity contribution in [2.24, 2.45) is 5.10 Å². The molecule has 0 spiro atoms. The van der Waals surface area contributed by atoms with Gasteiger partial charge in [-0.25, -0.2) is 0 Å². The van der Waals surface area contributed by atoms with Crippen LogP contribution in [-0.4, -0.2) is 33.6 Å². The number of rotatable bonds is 1. The molecule has 0 bridgehead atoms. The molecular formula is C12H10ClF3N2O2. The third-order valence-electron chi connectivity index (χ3n) is 2.84. The molecule has 0 saturated carbocycles. The van der Waals surface area contributed by atoms with Crippen molar-refractivity contribution in [2.45, 2.75) is 25.2 Å². The summed E-state index contributed by atoms with van der Waals surface area (Å²) < 4.78 is 38.9. The molecule has 1 heterocycles. The summed E-state index contributed by atoms with van der Waals surface area (Å²) in [6.45, 7) is 1.31. The van der Waals surface area contributed by atoms with Gasteiger partial charge in [-0.2, -0.15) is 23.3 Å². The Morgan fingerprint density at radius 3 is 2.70 bits per heavy atom. The van der Waals surface area contributed by atoms with Crippen LogP contribution in [0.25, 0.3) is 0 Å². The van der Waals surface area contributed by atoms with Crippen LogP contribution in [0.3, 0.4) is 0 Å². The first-order valence-electron chi connectivity index (χ1n) is 5.58. The van der Waals surface area contributed by atoms with Crippen molar-refractivity contribution in [3.05, 3.63) is 34.9 Å². The minimum atomic E-state index is -5.01. The van der Waals surface area contributed by atoms with Crippen LogP contribution in [0, 0.1) is 0 Å². The summed E-state index contributed by atoms with van der Waals surface area (Å²) >= 11 is 5.69. The summed E-state index contributed by atoms with van der Waals surface area (Å²) in [5, 5.41) is 13.6. The van der Waals surface area contributed by atoms with Crippen molar-refractivity contribution >= 4 is 23.2 Å². The Kier molecular flexibility index (Phi) is 3.51. The van der Waals surface area contributed by atoms with E-state index in [1.165, 1.54) is 31.2 Å². The zero-order chi connectivity index (χ0) is 15.1. The highest BCUT2D eigenvalue weighted by Gasteiger charge is 2.62. The van der Waals surface area contributed by atoms with E-state index in [1.807, 2.05) is 0 Å². The minimum Gasteiger partial charge on any atom is -0.362 e. The van der Waals surface area contributed by atoms with Gasteiger partial charge >= 0.3 is 6.18 Å². The smallest absolute Gasteiger partial charge is 0.362 e. The number of carbonyl (C=O) groups is 1. The molecule has 0 radical (unpaired) electrons. The Morgan fingerprint density at radius 2 is 2.15 bits per heavy atom. The number of benzene rings is 1. The molecule has 1 aromatic carbocycles. The molecule has 108 valence electrons. The predicted octanol–water partition coefficient (Wildman–Crippen LogP) is 2.81. The lowest BCUT2D eigenvalue weighted by Crippen LogP contribution is -2.56. The van der Waals surface area contributed by atoms with E-state index in [4.69, 9.17) is 11.6 Å². The van der Waals surface area contributed by atoms with Gasteiger partial charge in [0.2, 0.25) is 0 Å². The maximum absolute atomic E-state index is 13.0. The molecule has 0 aromatic heterocycles. The van der Waals surface area contributed by atoms with Crippen molar-refractivity contribution in [3.63, 3.8) is 0 Å². The van der Waals surface area contributed by atoms with Gasteiger partial charge in [0, 0.05) is 22.7 Å². The lowest BCUT2D eigenvalue weighted by atomic mass is 10.1. The van der Waals surface area contributed by atoms with Crippen molar-refractivity contribution in [2.75, 3.05) is 0 Å². The molecule has 20 heavy (non-hydrogen) atoms. The Hall–Kier alpha value is -1.60. The summed E-state index contributed by atoms with van der Waals surface area (Å²) in [4.78, 5) is 12.1. The molecule has 1 N–H and O–H groups in total. The second-order valence-corrected chi connectivity index (χ2v) is 4.89. The van der Waals surface area contributed by atoms with Gasteiger partial charge in [0.15, 0.2) is 0 Å². The second-order valence-electron chi connectivity index (χ2n) is 4.45. The third-order valence-corrected chi connectivity index (χ3v) is 3.08. The molecule has 0 aliphatic carbocycles. The first-order valence-corrected chi connectivity index (χ1v) is 5.96. The second kappa shape index (κ2) is 4.75. The predicted molar refractivity (Wildman–Crippen MR) is 66.4 cm³/mol. The zero-order valence-electron chi connectivity index (χ0n) is 10.3. The SMILES string of the molecule is CC1=NN(C(=O)c2cccc(Cl)c2)[C@](O)(C(F)(F)F)C1. The molecule has 0 unspecified atom stereocenters. The normalized spacial score (nSPS) is 22.9. The van der Waals surface area contributed by atoms with Crippen molar-refractivity contribution in [3.8, 4) is 0 Å². The number of amides is 1. The van der Waals surface area contributed by atoms with E-state index in [2.05, 4.69) is 5.10 Å². The highest BCUT2D eigenvalue weighted by molar-refractivity contribution is 6.31. The van der Waals surface area contributed by atoms with Crippen LogP contribution in [-0.2, 0) is 0 Å². The monoisotopic (exact) mass is 306 g/mol. The van der Waals surface area contributed by atoms with Crippen LogP contribution < -0.4 is 0 Å². The van der Waals surface area contributed by atoms with E-state index in [0.717, 1.165) is 0 Å². The topological polar surface area (TPSA) is 52.9 Å². The Labute approximate surface area is 117 Å². The number of halogens is 4. The van der Waals surface area contributed by atoms with Gasteiger partial charge in [-0.1, -0.05) is 17.7 Å². The molecular weight excluding hydrogens is 297 g/mol. The summed E-state index contributed by atoms with van der Waals surface area (Å²) in [6.07, 6.45) is -5.79. The largest absolute Gasteiger partial charge is 0.438 e. The van der Waals surface area contributed by atoms with E-state index in [-0.39, 0.29) is 21.3 Å². The van der Waals surface area contributed by atoms with E-state index < -0.39 is 24.2 Å². The Morgan fingerprint density at radius 1 is 1.50 bits per heavy atom. The number of carbonyl (C=O) groups excluding carboxylic acids is 1. The molecule has 0 saturated heterocycles. The van der Waals surface area contributed by atoms with E-state index in [0.29, 0.717) is 0 Å². The number of hydrogen-bond acceptors (Lipinski definition) is 3. The lowest BCUT2D eigenvalue weighted by molar-refractivity contribution is -0.297. The molecule has 1 atom stereocenters. The zero-order valence-corrected chi connectivity index (χ0v) is 11.0. The number of alkyl halides is 3. The van der Waals surface area contributed by atoms with Crippen molar-refractivity contribution in [1.82, 2.24) is 5.01 Å². The van der Waals surface area contributed by atoms with Crippen molar-refractivity contribution < 1.29 is 23.1 Å². The van der Waals surface area contributed by atoms with Gasteiger partial charge in [0.1, 0.15) is 0 Å². The number of hydrazone groups is 1. The summed E-state index contributed by atoms with van der Waals surface area (Å²) in [7, 11) is 0. The van der Waals surface area contributed by atoms with Crippen LogP contribution in [0.4, 0.5) is 13.2 Å². The van der Waals surface area contributed by atoms with E-state index >= 15 is 0 Å². The standard InChI is InChI=1S/C12H10ClF3N2O2/c1-7-6-11(20,12(14,15)16)18(17-7)10(19)8-3-2-4-9(13)5-8/h2-5,20H,6H2,1H3/t11-/m1/s1. The fourth-order valence-corrected chi connectivity index (χ4v) is 2.09. The maximum Gasteiger partial charge on any atom is 0.438 e. The van der Waals surface area contributed by atoms with Gasteiger partial charge in [-0.15, -0.1) is 0 Å². The summed E-state index contributed by atoms with van der Waals surface area (Å²) in [5.74, 6) is -1.07. The molecule has 0 fully saturated rings. The number of aliphatic hydroxyl groups is 1. The molecule has 1 aliphatic rings. The van der Waals surface area contributed by atoms with Crippen LogP contribution in [0.15, 0.2) is 29.4 Å². The molecule has 2 rings (SSSR count). The molecule has 1 aromatic rings. The van der Waals surface area contributed by atoms with Crippen LogP contribution in [0.5, 0.6) is 0 Å². The summed E-state index contributed by atoms with van der Waals surface area (Å²) in [6, 6.07) is 5.42. The highest BCUT2D eigenvalue weighted by Crippen LogP contribution is 2.40. The van der Waals surface area contributed by atoms with Gasteiger partial charge in [0.05, 0.1) is 0 Å². The van der Waals surface area contributed by atoms with Crippen LogP contribution >= 0.6 is 11.6 Å². The molecule has 1 aliphatic heterocycles. The molecule has 4 nitrogen and oxygen atoms in total. The number of hydrogen-bond donors (Lipinski definition) is 1. The number of nitrogens with zero attached hydrogens (tertiary/aromatic N) is 2. The molecule has 1 amide bonds. The lowest BCUT2D eigenvalue weighted by Gasteiger charge is -2.32. The van der Waals surface area contributed by atoms with E-state index in [1.54, 1.807) is 0 Å². The first-order chi connectivity index (χ1) is 9.15. The summed E-state index contributed by atoms with van der Waals surface area (Å²) in [5.41, 5.74) is -3.39. The van der Waals surface area contributed by atoms with Gasteiger partial charge in [-0.05, 0) is 25.1 Å². The average molecular weight is 307 g/mol. The van der Waals surface area contributed by atoms with Gasteiger partial charge < -0.3 is 5.11 Å². The third kappa shape index (κ3) is 2.38. The Bertz CT molecular complexity index is 588. The molecule has 8 heteroatoms. The van der Waals surface area contributed by atoms with Crippen LogP contribution in [0.2, 0.25) is 5.02 Å². The van der Waals surface area contributed by atoms with Crippen LogP contribution in [0.1, 0.15) is 23.7 Å². The minimum absolute atomic E-state index is 0.0141. The fraction of sp³-hybridized carbons (Fsp3) is 0.333. The average Bonchev–Trinajstić information content (AvgIpc) is 2.64. The fourth-order valence-electron chi connectivity index (χ4n) is 1.90.